The highest BCUT2D eigenvalue weighted by Gasteiger charge is 2.17. The van der Waals surface area contributed by atoms with Crippen molar-refractivity contribution in [3.63, 3.8) is 0 Å². The van der Waals surface area contributed by atoms with Gasteiger partial charge in [0.15, 0.2) is 11.4 Å². The van der Waals surface area contributed by atoms with Crippen LogP contribution < -0.4 is 20.9 Å². The maximum atomic E-state index is 13.7. The Balaban J connectivity index is 1.48. The Bertz CT molecular complexity index is 1680. The molecule has 0 saturated heterocycles. The minimum atomic E-state index is -0.388. The van der Waals surface area contributed by atoms with Crippen LogP contribution >= 0.6 is 0 Å². The lowest BCUT2D eigenvalue weighted by molar-refractivity contribution is 0.0940. The number of ether oxygens (including phenoxy) is 1. The third-order valence-corrected chi connectivity index (χ3v) is 6.41. The molecule has 1 unspecified atom stereocenters. The van der Waals surface area contributed by atoms with Crippen molar-refractivity contribution >= 4 is 17.3 Å². The molecule has 5 aromatic rings. The zero-order chi connectivity index (χ0) is 28.1. The van der Waals surface area contributed by atoms with Crippen LogP contribution in [0.2, 0.25) is 0 Å². The van der Waals surface area contributed by atoms with Gasteiger partial charge in [0, 0.05) is 11.3 Å². The lowest BCUT2D eigenvalue weighted by atomic mass is 10.1. The van der Waals surface area contributed by atoms with Gasteiger partial charge >= 0.3 is 0 Å². The van der Waals surface area contributed by atoms with Crippen LogP contribution in [0, 0.1) is 13.8 Å². The van der Waals surface area contributed by atoms with E-state index in [1.165, 1.54) is 10.9 Å². The lowest BCUT2D eigenvalue weighted by Gasteiger charge is -2.16. The van der Waals surface area contributed by atoms with Crippen molar-refractivity contribution in [1.82, 2.24) is 15.1 Å². The topological polar surface area (TPSA) is 85.2 Å². The van der Waals surface area contributed by atoms with Crippen LogP contribution in [0.15, 0.2) is 114 Å². The molecule has 1 amide bonds. The summed E-state index contributed by atoms with van der Waals surface area (Å²) in [5.41, 5.74) is 4.55. The smallest absolute Gasteiger partial charge is 0.299 e. The molecule has 40 heavy (non-hydrogen) atoms. The maximum Gasteiger partial charge on any atom is 0.299 e. The van der Waals surface area contributed by atoms with Crippen LogP contribution in [0.4, 0.5) is 11.4 Å². The Hall–Kier alpha value is -5.17. The highest BCUT2D eigenvalue weighted by molar-refractivity contribution is 5.95. The summed E-state index contributed by atoms with van der Waals surface area (Å²) in [5, 5.41) is 10.6. The van der Waals surface area contributed by atoms with Crippen molar-refractivity contribution in [2.75, 3.05) is 5.32 Å². The second-order valence-corrected chi connectivity index (χ2v) is 9.67. The molecule has 0 spiro atoms. The number of nitrogens with zero attached hydrogens (tertiary/aromatic N) is 2. The summed E-state index contributed by atoms with van der Waals surface area (Å²) < 4.78 is 7.49. The van der Waals surface area contributed by atoms with E-state index in [2.05, 4.69) is 15.7 Å². The van der Waals surface area contributed by atoms with Crippen molar-refractivity contribution in [3.8, 4) is 17.2 Å². The Morgan fingerprint density at radius 3 is 2.23 bits per heavy atom. The van der Waals surface area contributed by atoms with Crippen molar-refractivity contribution in [1.29, 1.82) is 0 Å². The predicted molar refractivity (Wildman–Crippen MR) is 158 cm³/mol. The largest absolute Gasteiger partial charge is 0.453 e. The van der Waals surface area contributed by atoms with Crippen molar-refractivity contribution in [3.05, 3.63) is 142 Å². The normalized spacial score (nSPS) is 11.5. The number of carbonyl (C=O) groups excluding carboxylic acids is 1. The third-order valence-electron chi connectivity index (χ3n) is 6.41. The molecule has 7 heteroatoms. The summed E-state index contributed by atoms with van der Waals surface area (Å²) in [6.45, 7) is 5.91. The van der Waals surface area contributed by atoms with Gasteiger partial charge in [0.2, 0.25) is 0 Å². The van der Waals surface area contributed by atoms with Crippen LogP contribution in [0.1, 0.15) is 40.0 Å². The second kappa shape index (κ2) is 11.7. The molecule has 7 nitrogen and oxygen atoms in total. The lowest BCUT2D eigenvalue weighted by Crippen LogP contribution is -2.26. The van der Waals surface area contributed by atoms with Crippen molar-refractivity contribution in [2.45, 2.75) is 26.8 Å². The molecule has 2 N–H and O–H groups in total. The number of nitrogens with one attached hydrogen (secondary N) is 2. The van der Waals surface area contributed by atoms with E-state index in [9.17, 15) is 9.59 Å². The molecule has 5 rings (SSSR count). The third kappa shape index (κ3) is 6.10. The summed E-state index contributed by atoms with van der Waals surface area (Å²) in [7, 11) is 0. The Labute approximate surface area is 233 Å². The molecule has 0 saturated carbocycles. The predicted octanol–water partition coefficient (Wildman–Crippen LogP) is 6.88. The minimum absolute atomic E-state index is 0.165. The molecular weight excluding hydrogens is 500 g/mol. The number of aromatic nitrogens is 2. The molecule has 4 aromatic carbocycles. The van der Waals surface area contributed by atoms with Crippen LogP contribution in [-0.4, -0.2) is 15.7 Å². The van der Waals surface area contributed by atoms with Crippen LogP contribution in [0.5, 0.6) is 11.5 Å². The zero-order valence-corrected chi connectivity index (χ0v) is 22.6. The van der Waals surface area contributed by atoms with E-state index in [-0.39, 0.29) is 28.9 Å². The molecule has 1 heterocycles. The van der Waals surface area contributed by atoms with Crippen molar-refractivity contribution < 1.29 is 9.53 Å². The number of hydrogen-bond donors (Lipinski definition) is 2. The number of aryl methyl sites for hydroxylation is 2. The molecule has 0 fully saturated rings. The standard InChI is InChI=1S/C33H30N4O3/c1-22-17-23(2)19-29(18-22)40-30-21-34-37(28-15-8-5-9-16-28)33(39)31(30)36-27-14-10-13-26(20-27)32(38)35-24(3)25-11-6-4-7-12-25/h4-21,24,36H,1-3H3,(H,35,38). The first-order chi connectivity index (χ1) is 19.4. The van der Waals surface area contributed by atoms with Gasteiger partial charge in [-0.05, 0) is 79.9 Å². The SMILES string of the molecule is Cc1cc(C)cc(Oc2cnn(-c3ccccc3)c(=O)c2Nc2cccc(C(=O)NC(C)c3ccccc3)c2)c1. The van der Waals surface area contributed by atoms with Gasteiger partial charge in [-0.15, -0.1) is 0 Å². The maximum absolute atomic E-state index is 13.7. The van der Waals surface area contributed by atoms with E-state index in [0.717, 1.165) is 16.7 Å². The average Bonchev–Trinajstić information content (AvgIpc) is 2.95. The monoisotopic (exact) mass is 530 g/mol. The van der Waals surface area contributed by atoms with Gasteiger partial charge < -0.3 is 15.4 Å². The number of benzene rings is 4. The number of rotatable bonds is 8. The van der Waals surface area contributed by atoms with Crippen LogP contribution in [0.3, 0.4) is 0 Å². The van der Waals surface area contributed by atoms with Gasteiger partial charge in [0.25, 0.3) is 11.5 Å². The van der Waals surface area contributed by atoms with E-state index in [4.69, 9.17) is 4.74 Å². The summed E-state index contributed by atoms with van der Waals surface area (Å²) >= 11 is 0. The average molecular weight is 531 g/mol. The molecular formula is C33H30N4O3. The number of carbonyl (C=O) groups is 1. The molecule has 0 radical (unpaired) electrons. The molecule has 0 aliphatic heterocycles. The van der Waals surface area contributed by atoms with E-state index < -0.39 is 0 Å². The second-order valence-electron chi connectivity index (χ2n) is 9.67. The van der Waals surface area contributed by atoms with Gasteiger partial charge in [0.05, 0.1) is 17.9 Å². The van der Waals surface area contributed by atoms with Gasteiger partial charge in [-0.25, -0.2) is 0 Å². The Morgan fingerprint density at radius 1 is 0.850 bits per heavy atom. The van der Waals surface area contributed by atoms with Crippen LogP contribution in [0.25, 0.3) is 5.69 Å². The fraction of sp³-hybridized carbons (Fsp3) is 0.121. The fourth-order valence-electron chi connectivity index (χ4n) is 4.49. The highest BCUT2D eigenvalue weighted by atomic mass is 16.5. The molecule has 0 aliphatic carbocycles. The zero-order valence-electron chi connectivity index (χ0n) is 22.6. The van der Waals surface area contributed by atoms with E-state index in [1.54, 1.807) is 24.3 Å². The summed E-state index contributed by atoms with van der Waals surface area (Å²) in [5.74, 6) is 0.653. The Morgan fingerprint density at radius 2 is 1.52 bits per heavy atom. The minimum Gasteiger partial charge on any atom is -0.453 e. The molecule has 0 aliphatic rings. The summed E-state index contributed by atoms with van der Waals surface area (Å²) in [6.07, 6.45) is 1.52. The van der Waals surface area contributed by atoms with Gasteiger partial charge in [-0.2, -0.15) is 9.78 Å². The summed E-state index contributed by atoms with van der Waals surface area (Å²) in [4.78, 5) is 26.8. The van der Waals surface area contributed by atoms with E-state index in [0.29, 0.717) is 22.7 Å². The van der Waals surface area contributed by atoms with Gasteiger partial charge in [-0.3, -0.25) is 9.59 Å². The highest BCUT2D eigenvalue weighted by Crippen LogP contribution is 2.30. The van der Waals surface area contributed by atoms with Gasteiger partial charge in [0.1, 0.15) is 5.75 Å². The van der Waals surface area contributed by atoms with E-state index >= 15 is 0 Å². The first-order valence-corrected chi connectivity index (χ1v) is 13.0. The molecule has 1 atom stereocenters. The Kier molecular flexibility index (Phi) is 7.73. The fourth-order valence-corrected chi connectivity index (χ4v) is 4.49. The van der Waals surface area contributed by atoms with Crippen LogP contribution in [-0.2, 0) is 0 Å². The molecule has 200 valence electrons. The first kappa shape index (κ1) is 26.4. The molecule has 1 aromatic heterocycles. The number of amides is 1. The van der Waals surface area contributed by atoms with Gasteiger partial charge in [-0.1, -0.05) is 60.7 Å². The summed E-state index contributed by atoms with van der Waals surface area (Å²) in [6, 6.07) is 31.6. The number of para-hydroxylation sites is 1. The van der Waals surface area contributed by atoms with E-state index in [1.807, 2.05) is 99.6 Å². The number of hydrogen-bond acceptors (Lipinski definition) is 5. The van der Waals surface area contributed by atoms with Crippen molar-refractivity contribution in [2.24, 2.45) is 0 Å². The number of anilines is 2. The first-order valence-electron chi connectivity index (χ1n) is 13.0. The molecule has 0 bridgehead atoms. The quantitative estimate of drug-likeness (QED) is 0.229.